The Kier molecular flexibility index (Phi) is 11.0. The standard InChI is InChI=1S/C31H32N2O11S/c1-17(34)40-16-25-26(41-18(2)35)27(42-19(3)36)28(43-20(4)37)30(44-25)45-31-32-24(15-21-11-13-23(39-5)14-12-21)29(38)33(31)22-9-7-6-8-10-22/h6-15,25-28,30H,16H2,1-5H3/b24-15-/t25-,26+,27+,28-,30+/m1/s1. The zero-order valence-electron chi connectivity index (χ0n) is 25.2. The van der Waals surface area contributed by atoms with Crippen molar-refractivity contribution >= 4 is 58.5 Å². The van der Waals surface area contributed by atoms with Gasteiger partial charge in [-0.3, -0.25) is 28.9 Å². The summed E-state index contributed by atoms with van der Waals surface area (Å²) in [4.78, 5) is 68.0. The lowest BCUT2D eigenvalue weighted by Gasteiger charge is -2.44. The Morgan fingerprint density at radius 3 is 2.02 bits per heavy atom. The molecule has 13 nitrogen and oxygen atoms in total. The quantitative estimate of drug-likeness (QED) is 0.224. The van der Waals surface area contributed by atoms with Crippen LogP contribution in [-0.2, 0) is 47.7 Å². The molecule has 1 amide bonds. The summed E-state index contributed by atoms with van der Waals surface area (Å²) in [6, 6.07) is 15.8. The zero-order valence-corrected chi connectivity index (χ0v) is 26.0. The molecule has 0 aromatic heterocycles. The van der Waals surface area contributed by atoms with Gasteiger partial charge in [0, 0.05) is 27.7 Å². The van der Waals surface area contributed by atoms with E-state index in [9.17, 15) is 24.0 Å². The van der Waals surface area contributed by atoms with E-state index in [1.807, 2.05) is 0 Å². The molecule has 2 heterocycles. The van der Waals surface area contributed by atoms with Crippen molar-refractivity contribution in [3.05, 3.63) is 65.9 Å². The molecule has 2 aliphatic rings. The molecular formula is C31H32N2O11S. The number of esters is 4. The van der Waals surface area contributed by atoms with E-state index in [0.29, 0.717) is 17.0 Å². The monoisotopic (exact) mass is 640 g/mol. The number of amides is 1. The Balaban J connectivity index is 1.77. The summed E-state index contributed by atoms with van der Waals surface area (Å²) in [5.41, 5.74) is 0.118. The van der Waals surface area contributed by atoms with Crippen molar-refractivity contribution in [3.63, 3.8) is 0 Å². The fourth-order valence-electron chi connectivity index (χ4n) is 4.63. The molecule has 2 aromatic carbocycles. The smallest absolute Gasteiger partial charge is 0.303 e. The summed E-state index contributed by atoms with van der Waals surface area (Å²) in [6.45, 7) is 4.24. The minimum absolute atomic E-state index is 0.108. The number of para-hydroxylation sites is 1. The molecule has 2 aromatic rings. The molecule has 0 aliphatic carbocycles. The summed E-state index contributed by atoms with van der Waals surface area (Å²) >= 11 is 0.918. The fourth-order valence-corrected chi connectivity index (χ4v) is 5.82. The summed E-state index contributed by atoms with van der Waals surface area (Å²) < 4.78 is 33.2. The van der Waals surface area contributed by atoms with Gasteiger partial charge >= 0.3 is 23.9 Å². The van der Waals surface area contributed by atoms with E-state index in [2.05, 4.69) is 4.99 Å². The molecule has 45 heavy (non-hydrogen) atoms. The number of aliphatic imine (C=N–C) groups is 1. The molecule has 0 saturated carbocycles. The van der Waals surface area contributed by atoms with E-state index in [-0.39, 0.29) is 17.5 Å². The van der Waals surface area contributed by atoms with Gasteiger partial charge in [-0.25, -0.2) is 4.99 Å². The number of benzene rings is 2. The minimum atomic E-state index is -1.36. The molecule has 5 atom stereocenters. The van der Waals surface area contributed by atoms with Crippen LogP contribution >= 0.6 is 11.8 Å². The van der Waals surface area contributed by atoms with Gasteiger partial charge < -0.3 is 28.4 Å². The molecule has 238 valence electrons. The third-order valence-corrected chi connectivity index (χ3v) is 7.53. The molecule has 14 heteroatoms. The van der Waals surface area contributed by atoms with Crippen LogP contribution in [0.25, 0.3) is 6.08 Å². The van der Waals surface area contributed by atoms with Crippen molar-refractivity contribution in [2.45, 2.75) is 57.5 Å². The van der Waals surface area contributed by atoms with Crippen LogP contribution in [0.2, 0.25) is 0 Å². The summed E-state index contributed by atoms with van der Waals surface area (Å²) in [5, 5.41) is 0.159. The van der Waals surface area contributed by atoms with Gasteiger partial charge in [0.2, 0.25) is 0 Å². The number of thioether (sulfide) groups is 1. The number of hydrogen-bond donors (Lipinski definition) is 0. The van der Waals surface area contributed by atoms with Gasteiger partial charge in [-0.2, -0.15) is 0 Å². The normalized spacial score (nSPS) is 23.6. The van der Waals surface area contributed by atoms with E-state index in [1.165, 1.54) is 11.8 Å². The first-order valence-electron chi connectivity index (χ1n) is 13.8. The average Bonchev–Trinajstić information content (AvgIpc) is 3.29. The molecule has 0 bridgehead atoms. The van der Waals surface area contributed by atoms with Gasteiger partial charge in [0.1, 0.15) is 24.2 Å². The molecule has 0 N–H and O–H groups in total. The lowest BCUT2D eigenvalue weighted by atomic mass is 9.99. The topological polar surface area (TPSA) is 156 Å². The Hall–Kier alpha value is -4.69. The maximum Gasteiger partial charge on any atom is 0.303 e. The molecule has 0 unspecified atom stereocenters. The van der Waals surface area contributed by atoms with Gasteiger partial charge in [0.25, 0.3) is 5.91 Å². The number of amidine groups is 1. The predicted octanol–water partition coefficient (Wildman–Crippen LogP) is 3.26. The number of nitrogens with zero attached hydrogens (tertiary/aromatic N) is 2. The Morgan fingerprint density at radius 2 is 1.44 bits per heavy atom. The predicted molar refractivity (Wildman–Crippen MR) is 162 cm³/mol. The van der Waals surface area contributed by atoms with Crippen LogP contribution in [0.3, 0.4) is 0 Å². The number of anilines is 1. The van der Waals surface area contributed by atoms with Crippen LogP contribution in [0.5, 0.6) is 5.75 Å². The molecular weight excluding hydrogens is 608 g/mol. The highest BCUT2D eigenvalue weighted by atomic mass is 32.2. The summed E-state index contributed by atoms with van der Waals surface area (Å²) in [7, 11) is 1.55. The van der Waals surface area contributed by atoms with Gasteiger partial charge in [0.05, 0.1) is 12.8 Å². The number of hydrogen-bond acceptors (Lipinski definition) is 13. The molecule has 0 radical (unpaired) electrons. The highest BCUT2D eigenvalue weighted by Crippen LogP contribution is 2.38. The molecule has 2 aliphatic heterocycles. The lowest BCUT2D eigenvalue weighted by Crippen LogP contribution is -2.61. The highest BCUT2D eigenvalue weighted by Gasteiger charge is 2.53. The first kappa shape index (κ1) is 33.2. The fraction of sp³-hybridized carbons (Fsp3) is 0.355. The molecule has 1 saturated heterocycles. The number of methoxy groups -OCH3 is 1. The van der Waals surface area contributed by atoms with Crippen molar-refractivity contribution in [3.8, 4) is 5.75 Å². The van der Waals surface area contributed by atoms with Gasteiger partial charge in [-0.15, -0.1) is 0 Å². The maximum absolute atomic E-state index is 13.8. The molecule has 1 fully saturated rings. The van der Waals surface area contributed by atoms with Crippen molar-refractivity contribution in [1.29, 1.82) is 0 Å². The van der Waals surface area contributed by atoms with Crippen LogP contribution in [0.4, 0.5) is 5.69 Å². The van der Waals surface area contributed by atoms with Crippen molar-refractivity contribution in [2.75, 3.05) is 18.6 Å². The number of ether oxygens (including phenoxy) is 6. The third-order valence-electron chi connectivity index (χ3n) is 6.43. The molecule has 4 rings (SSSR count). The van der Waals surface area contributed by atoms with Crippen LogP contribution in [0, 0.1) is 0 Å². The summed E-state index contributed by atoms with van der Waals surface area (Å²) in [5.74, 6) is -2.67. The highest BCUT2D eigenvalue weighted by molar-refractivity contribution is 8.14. The average molecular weight is 641 g/mol. The minimum Gasteiger partial charge on any atom is -0.497 e. The van der Waals surface area contributed by atoms with E-state index in [0.717, 1.165) is 32.5 Å². The van der Waals surface area contributed by atoms with Gasteiger partial charge in [-0.1, -0.05) is 42.1 Å². The van der Waals surface area contributed by atoms with Crippen LogP contribution < -0.4 is 9.64 Å². The number of carbonyl (C=O) groups excluding carboxylic acids is 5. The first-order chi connectivity index (χ1) is 21.5. The van der Waals surface area contributed by atoms with Crippen LogP contribution in [0.15, 0.2) is 65.3 Å². The summed E-state index contributed by atoms with van der Waals surface area (Å²) in [6.07, 6.45) is -3.55. The second kappa shape index (κ2) is 14.9. The van der Waals surface area contributed by atoms with E-state index < -0.39 is 59.6 Å². The second-order valence-corrected chi connectivity index (χ2v) is 10.9. The van der Waals surface area contributed by atoms with E-state index in [1.54, 1.807) is 67.8 Å². The third kappa shape index (κ3) is 8.48. The Morgan fingerprint density at radius 1 is 0.844 bits per heavy atom. The SMILES string of the molecule is COc1ccc(/C=C2\N=C(S[C@@H]3O[C@H](COC(C)=O)[C@H](OC(C)=O)[C@H](OC(C)=O)[C@H]3OC(C)=O)N(c3ccccc3)C2=O)cc1. The first-order valence-corrected chi connectivity index (χ1v) is 14.7. The Labute approximate surface area is 263 Å². The van der Waals surface area contributed by atoms with Crippen molar-refractivity contribution in [1.82, 2.24) is 0 Å². The zero-order chi connectivity index (χ0) is 32.7. The van der Waals surface area contributed by atoms with Gasteiger partial charge in [0.15, 0.2) is 28.9 Å². The van der Waals surface area contributed by atoms with Crippen molar-refractivity contribution in [2.24, 2.45) is 4.99 Å². The van der Waals surface area contributed by atoms with E-state index in [4.69, 9.17) is 28.4 Å². The second-order valence-electron chi connectivity index (χ2n) is 9.86. The lowest BCUT2D eigenvalue weighted by molar-refractivity contribution is -0.237. The molecule has 0 spiro atoms. The van der Waals surface area contributed by atoms with E-state index >= 15 is 0 Å². The van der Waals surface area contributed by atoms with Gasteiger partial charge in [-0.05, 0) is 35.9 Å². The maximum atomic E-state index is 13.8. The Bertz CT molecular complexity index is 1490. The number of carbonyl (C=O) groups is 5. The van der Waals surface area contributed by atoms with Crippen LogP contribution in [0.1, 0.15) is 33.3 Å². The number of rotatable bonds is 9. The largest absolute Gasteiger partial charge is 0.497 e. The van der Waals surface area contributed by atoms with Crippen molar-refractivity contribution < 1.29 is 52.4 Å². The van der Waals surface area contributed by atoms with Crippen LogP contribution in [-0.4, -0.2) is 78.5 Å².